The number of nitriles is 1. The van der Waals surface area contributed by atoms with Gasteiger partial charge in [0.1, 0.15) is 10.6 Å². The largest absolute Gasteiger partial charge is 0.337 e. The molecule has 4 nitrogen and oxygen atoms in total. The molecule has 1 aliphatic carbocycles. The van der Waals surface area contributed by atoms with Gasteiger partial charge >= 0.3 is 0 Å². The van der Waals surface area contributed by atoms with E-state index in [0.29, 0.717) is 10.0 Å². The Hall–Kier alpha value is -1.25. The molecule has 0 aliphatic heterocycles. The lowest BCUT2D eigenvalue weighted by atomic mass is 9.92. The predicted molar refractivity (Wildman–Crippen MR) is 84.2 cm³/mol. The fourth-order valence-corrected chi connectivity index (χ4v) is 3.48. The van der Waals surface area contributed by atoms with Crippen molar-refractivity contribution in [3.8, 4) is 6.07 Å². The summed E-state index contributed by atoms with van der Waals surface area (Å²) >= 11 is 7.30. The number of aromatic nitrogens is 1. The van der Waals surface area contributed by atoms with Crippen LogP contribution in [0.2, 0.25) is 5.02 Å². The molecule has 0 bridgehead atoms. The molecule has 0 atom stereocenters. The van der Waals surface area contributed by atoms with Gasteiger partial charge in [-0.2, -0.15) is 5.26 Å². The normalized spacial score (nSPS) is 17.5. The summed E-state index contributed by atoms with van der Waals surface area (Å²) in [7, 11) is 0. The van der Waals surface area contributed by atoms with E-state index in [1.165, 1.54) is 11.8 Å². The highest BCUT2D eigenvalue weighted by atomic mass is 35.5. The van der Waals surface area contributed by atoms with Crippen LogP contribution in [0.5, 0.6) is 0 Å². The molecule has 1 amide bonds. The molecule has 0 radical (unpaired) electrons. The van der Waals surface area contributed by atoms with Crippen LogP contribution in [-0.4, -0.2) is 22.2 Å². The number of hydrogen-bond acceptors (Lipinski definition) is 4. The molecule has 0 saturated heterocycles. The molecule has 1 N–H and O–H groups in total. The second kappa shape index (κ2) is 7.67. The number of nitrogens with zero attached hydrogens (tertiary/aromatic N) is 2. The van der Waals surface area contributed by atoms with Crippen molar-refractivity contribution in [1.82, 2.24) is 10.3 Å². The summed E-state index contributed by atoms with van der Waals surface area (Å²) in [6.45, 7) is 0. The molecule has 112 valence electrons. The number of amides is 1. The van der Waals surface area contributed by atoms with Gasteiger partial charge in [0.2, 0.25) is 5.91 Å². The molecule has 1 aliphatic rings. The number of hydrogen-bond donors (Lipinski definition) is 1. The molecule has 1 fully saturated rings. The lowest BCUT2D eigenvalue weighted by Gasteiger charge is -2.26. The molecular formula is C15H18ClN3OS. The van der Waals surface area contributed by atoms with Crippen molar-refractivity contribution in [3.05, 3.63) is 23.4 Å². The van der Waals surface area contributed by atoms with Gasteiger partial charge in [-0.05, 0) is 25.0 Å². The molecule has 0 spiro atoms. The van der Waals surface area contributed by atoms with Crippen LogP contribution in [-0.2, 0) is 4.79 Å². The van der Waals surface area contributed by atoms with Gasteiger partial charge in [0.25, 0.3) is 0 Å². The van der Waals surface area contributed by atoms with Crippen LogP contribution in [0.15, 0.2) is 23.4 Å². The van der Waals surface area contributed by atoms with E-state index < -0.39 is 5.54 Å². The van der Waals surface area contributed by atoms with Crippen molar-refractivity contribution < 1.29 is 4.79 Å². The molecule has 2 rings (SSSR count). The Kier molecular flexibility index (Phi) is 5.89. The zero-order chi connectivity index (χ0) is 15.1. The number of pyridine rings is 1. The van der Waals surface area contributed by atoms with Gasteiger partial charge in [0.05, 0.1) is 16.8 Å². The van der Waals surface area contributed by atoms with Crippen LogP contribution < -0.4 is 5.32 Å². The van der Waals surface area contributed by atoms with Crippen molar-refractivity contribution in [2.24, 2.45) is 0 Å². The lowest BCUT2D eigenvalue weighted by Crippen LogP contribution is -2.47. The second-order valence-corrected chi connectivity index (χ2v) is 6.61. The summed E-state index contributed by atoms with van der Waals surface area (Å²) in [5, 5.41) is 13.5. The quantitative estimate of drug-likeness (QED) is 0.679. The second-order valence-electron chi connectivity index (χ2n) is 5.24. The van der Waals surface area contributed by atoms with E-state index in [1.54, 1.807) is 18.3 Å². The van der Waals surface area contributed by atoms with Gasteiger partial charge in [-0.1, -0.05) is 49.0 Å². The minimum Gasteiger partial charge on any atom is -0.337 e. The molecule has 0 aromatic carbocycles. The van der Waals surface area contributed by atoms with Gasteiger partial charge < -0.3 is 5.32 Å². The molecule has 0 unspecified atom stereocenters. The van der Waals surface area contributed by atoms with Gasteiger partial charge in [-0.15, -0.1) is 0 Å². The van der Waals surface area contributed by atoms with Crippen molar-refractivity contribution in [1.29, 1.82) is 5.26 Å². The minimum atomic E-state index is -0.692. The standard InChI is InChI=1S/C15H18ClN3OS/c16-12-6-5-9-18-14(12)21-10-13(20)19-15(11-17)7-3-1-2-4-8-15/h5-6,9H,1-4,7-8,10H2,(H,19,20). The highest BCUT2D eigenvalue weighted by Crippen LogP contribution is 2.28. The van der Waals surface area contributed by atoms with E-state index in [4.69, 9.17) is 11.6 Å². The van der Waals surface area contributed by atoms with Crippen LogP contribution in [0.1, 0.15) is 38.5 Å². The van der Waals surface area contributed by atoms with Crippen LogP contribution >= 0.6 is 23.4 Å². The summed E-state index contributed by atoms with van der Waals surface area (Å²) in [6.07, 6.45) is 7.39. The molecule has 6 heteroatoms. The third-order valence-electron chi connectivity index (χ3n) is 3.61. The highest BCUT2D eigenvalue weighted by Gasteiger charge is 2.32. The van der Waals surface area contributed by atoms with E-state index >= 15 is 0 Å². The first-order valence-corrected chi connectivity index (χ1v) is 8.47. The van der Waals surface area contributed by atoms with E-state index in [2.05, 4.69) is 16.4 Å². The van der Waals surface area contributed by atoms with Crippen LogP contribution in [0.3, 0.4) is 0 Å². The lowest BCUT2D eigenvalue weighted by molar-refractivity contribution is -0.120. The average molecular weight is 324 g/mol. The number of carbonyl (C=O) groups excluding carboxylic acids is 1. The van der Waals surface area contributed by atoms with E-state index in [1.807, 2.05) is 0 Å². The summed E-state index contributed by atoms with van der Waals surface area (Å²) in [4.78, 5) is 16.3. The molecule has 1 aromatic heterocycles. The average Bonchev–Trinajstić information content (AvgIpc) is 2.72. The highest BCUT2D eigenvalue weighted by molar-refractivity contribution is 8.00. The SMILES string of the molecule is N#CC1(NC(=O)CSc2ncccc2Cl)CCCCCC1. The Morgan fingerprint density at radius 3 is 2.76 bits per heavy atom. The number of carbonyl (C=O) groups is 1. The summed E-state index contributed by atoms with van der Waals surface area (Å²) in [5.41, 5.74) is -0.692. The zero-order valence-electron chi connectivity index (χ0n) is 11.8. The van der Waals surface area contributed by atoms with Gasteiger partial charge in [-0.25, -0.2) is 4.98 Å². The smallest absolute Gasteiger partial charge is 0.231 e. The number of rotatable bonds is 4. The monoisotopic (exact) mass is 323 g/mol. The van der Waals surface area contributed by atoms with Gasteiger partial charge in [0.15, 0.2) is 0 Å². The van der Waals surface area contributed by atoms with Gasteiger partial charge in [-0.3, -0.25) is 4.79 Å². The van der Waals surface area contributed by atoms with E-state index in [-0.39, 0.29) is 11.7 Å². The summed E-state index contributed by atoms with van der Waals surface area (Å²) in [5.74, 6) is 0.0883. The molecule has 1 aromatic rings. The Labute approximate surface area is 134 Å². The third-order valence-corrected chi connectivity index (χ3v) is 5.04. The third kappa shape index (κ3) is 4.62. The summed E-state index contributed by atoms with van der Waals surface area (Å²) in [6, 6.07) is 5.81. The Balaban J connectivity index is 1.91. The van der Waals surface area contributed by atoms with Crippen LogP contribution in [0.4, 0.5) is 0 Å². The van der Waals surface area contributed by atoms with Gasteiger partial charge in [0, 0.05) is 6.20 Å². The van der Waals surface area contributed by atoms with Crippen LogP contribution in [0.25, 0.3) is 0 Å². The zero-order valence-corrected chi connectivity index (χ0v) is 13.3. The van der Waals surface area contributed by atoms with E-state index in [9.17, 15) is 10.1 Å². The molecule has 1 saturated carbocycles. The van der Waals surface area contributed by atoms with E-state index in [0.717, 1.165) is 38.5 Å². The summed E-state index contributed by atoms with van der Waals surface area (Å²) < 4.78 is 0. The van der Waals surface area contributed by atoms with Crippen molar-refractivity contribution in [3.63, 3.8) is 0 Å². The number of thioether (sulfide) groups is 1. The Bertz CT molecular complexity index is 536. The Morgan fingerprint density at radius 1 is 1.43 bits per heavy atom. The van der Waals surface area contributed by atoms with Crippen molar-refractivity contribution >= 4 is 29.3 Å². The first kappa shape index (κ1) is 16.1. The molecule has 1 heterocycles. The van der Waals surface area contributed by atoms with Crippen molar-refractivity contribution in [2.45, 2.75) is 49.1 Å². The first-order chi connectivity index (χ1) is 10.2. The molecule has 21 heavy (non-hydrogen) atoms. The Morgan fingerprint density at radius 2 is 2.14 bits per heavy atom. The first-order valence-electron chi connectivity index (χ1n) is 7.11. The van der Waals surface area contributed by atoms with Crippen molar-refractivity contribution in [2.75, 3.05) is 5.75 Å². The number of nitrogens with one attached hydrogen (secondary N) is 1. The predicted octanol–water partition coefficient (Wildman–Crippen LogP) is 3.56. The minimum absolute atomic E-state index is 0.134. The maximum atomic E-state index is 12.1. The maximum absolute atomic E-state index is 12.1. The maximum Gasteiger partial charge on any atom is 0.231 e. The fourth-order valence-electron chi connectivity index (χ4n) is 2.51. The number of halogens is 1. The fraction of sp³-hybridized carbons (Fsp3) is 0.533. The molecular weight excluding hydrogens is 306 g/mol. The topological polar surface area (TPSA) is 65.8 Å². The van der Waals surface area contributed by atoms with Crippen LogP contribution in [0, 0.1) is 11.3 Å².